The molecule has 0 atom stereocenters. The van der Waals surface area contributed by atoms with Gasteiger partial charge in [-0.15, -0.1) is 0 Å². The minimum Gasteiger partial charge on any atom is -0.507 e. The van der Waals surface area contributed by atoms with Gasteiger partial charge in [0, 0.05) is 17.6 Å². The Balaban J connectivity index is 2.88. The molecule has 0 saturated carbocycles. The van der Waals surface area contributed by atoms with Crippen molar-refractivity contribution in [3.63, 3.8) is 0 Å². The lowest BCUT2D eigenvalue weighted by atomic mass is 10.1. The number of aryl methyl sites for hydroxylation is 1. The van der Waals surface area contributed by atoms with E-state index in [1.807, 2.05) is 19.1 Å². The van der Waals surface area contributed by atoms with E-state index in [1.165, 1.54) is 0 Å². The smallest absolute Gasteiger partial charge is 0.126 e. The van der Waals surface area contributed by atoms with Crippen molar-refractivity contribution in [2.45, 2.75) is 6.92 Å². The Kier molecular flexibility index (Phi) is 1.47. The third-order valence-electron chi connectivity index (χ3n) is 1.78. The van der Waals surface area contributed by atoms with E-state index in [4.69, 9.17) is 0 Å². The quantitative estimate of drug-likeness (QED) is 0.636. The van der Waals surface area contributed by atoms with Crippen molar-refractivity contribution in [2.24, 2.45) is 0 Å². The number of fused-ring (bicyclic) bond motifs is 1. The van der Waals surface area contributed by atoms with E-state index in [2.05, 4.69) is 11.1 Å². The molecule has 0 spiro atoms. The number of aromatic hydroxyl groups is 1. The molecule has 59 valence electrons. The predicted octanol–water partition coefficient (Wildman–Crippen LogP) is 2.05. The summed E-state index contributed by atoms with van der Waals surface area (Å²) in [7, 11) is 0. The lowest BCUT2D eigenvalue weighted by Crippen LogP contribution is -1.80. The maximum atomic E-state index is 9.44. The Bertz CT molecular complexity index is 423. The maximum absolute atomic E-state index is 9.44. The SMILES string of the molecule is Cc1c[c]c2nccc(O)c2c1. The second-order valence-electron chi connectivity index (χ2n) is 2.77. The molecule has 0 unspecified atom stereocenters. The molecule has 2 nitrogen and oxygen atoms in total. The van der Waals surface area contributed by atoms with E-state index in [1.54, 1.807) is 12.3 Å². The van der Waals surface area contributed by atoms with Gasteiger partial charge in [0.15, 0.2) is 0 Å². The van der Waals surface area contributed by atoms with Crippen LogP contribution in [0, 0.1) is 13.0 Å². The molecule has 0 fully saturated rings. The summed E-state index contributed by atoms with van der Waals surface area (Å²) < 4.78 is 0. The van der Waals surface area contributed by atoms with Crippen molar-refractivity contribution in [3.8, 4) is 5.75 Å². The van der Waals surface area contributed by atoms with Crippen molar-refractivity contribution in [1.82, 2.24) is 4.98 Å². The molecule has 0 saturated heterocycles. The molecule has 1 aromatic carbocycles. The van der Waals surface area contributed by atoms with Crippen LogP contribution in [0.2, 0.25) is 0 Å². The van der Waals surface area contributed by atoms with Crippen molar-refractivity contribution in [1.29, 1.82) is 0 Å². The molecular formula is C10H8NO. The summed E-state index contributed by atoms with van der Waals surface area (Å²) in [6, 6.07) is 8.32. The van der Waals surface area contributed by atoms with Gasteiger partial charge >= 0.3 is 0 Å². The van der Waals surface area contributed by atoms with Crippen molar-refractivity contribution in [3.05, 3.63) is 36.0 Å². The molecule has 2 rings (SSSR count). The van der Waals surface area contributed by atoms with Gasteiger partial charge in [-0.2, -0.15) is 0 Å². The maximum Gasteiger partial charge on any atom is 0.126 e. The van der Waals surface area contributed by atoms with Gasteiger partial charge in [0.05, 0.1) is 5.52 Å². The van der Waals surface area contributed by atoms with Crippen LogP contribution in [0.4, 0.5) is 0 Å². The largest absolute Gasteiger partial charge is 0.507 e. The normalized spacial score (nSPS) is 10.4. The average Bonchev–Trinajstić information content (AvgIpc) is 2.07. The number of rotatable bonds is 0. The number of nitrogens with zero attached hydrogens (tertiary/aromatic N) is 1. The van der Waals surface area contributed by atoms with Crippen LogP contribution in [0.3, 0.4) is 0 Å². The Hall–Kier alpha value is -1.57. The van der Waals surface area contributed by atoms with Crippen LogP contribution in [0.1, 0.15) is 5.56 Å². The molecule has 2 aromatic rings. The van der Waals surface area contributed by atoms with E-state index in [0.717, 1.165) is 10.9 Å². The second-order valence-corrected chi connectivity index (χ2v) is 2.77. The molecule has 1 radical (unpaired) electrons. The molecule has 0 aliphatic carbocycles. The molecule has 2 heteroatoms. The zero-order chi connectivity index (χ0) is 8.55. The highest BCUT2D eigenvalue weighted by Crippen LogP contribution is 2.22. The van der Waals surface area contributed by atoms with Gasteiger partial charge < -0.3 is 5.11 Å². The first-order valence-corrected chi connectivity index (χ1v) is 3.73. The summed E-state index contributed by atoms with van der Waals surface area (Å²) >= 11 is 0. The molecule has 0 aliphatic heterocycles. The highest BCUT2D eigenvalue weighted by Gasteiger charge is 1.99. The second kappa shape index (κ2) is 2.48. The minimum absolute atomic E-state index is 0.264. The summed E-state index contributed by atoms with van der Waals surface area (Å²) in [5, 5.41) is 10.2. The van der Waals surface area contributed by atoms with Gasteiger partial charge in [0.2, 0.25) is 0 Å². The molecule has 1 aromatic heterocycles. The van der Waals surface area contributed by atoms with Gasteiger partial charge in [-0.05, 0) is 30.7 Å². The van der Waals surface area contributed by atoms with Crippen LogP contribution in [0.15, 0.2) is 24.4 Å². The van der Waals surface area contributed by atoms with Crippen molar-refractivity contribution < 1.29 is 5.11 Å². The fraction of sp³-hybridized carbons (Fsp3) is 0.100. The standard InChI is InChI=1S/C10H8NO/c1-7-2-3-9-8(6-7)10(12)4-5-11-9/h2,4-6H,1H3,(H,11,12). The van der Waals surface area contributed by atoms with Crippen LogP contribution in [0.25, 0.3) is 10.9 Å². The molecule has 0 bridgehead atoms. The molecule has 0 aliphatic rings. The van der Waals surface area contributed by atoms with E-state index in [9.17, 15) is 5.11 Å². The lowest BCUT2D eigenvalue weighted by Gasteiger charge is -1.99. The third-order valence-corrected chi connectivity index (χ3v) is 1.78. The summed E-state index contributed by atoms with van der Waals surface area (Å²) in [4.78, 5) is 4.07. The van der Waals surface area contributed by atoms with E-state index >= 15 is 0 Å². The Morgan fingerprint density at radius 2 is 2.33 bits per heavy atom. The van der Waals surface area contributed by atoms with Gasteiger partial charge in [-0.25, -0.2) is 0 Å². The van der Waals surface area contributed by atoms with E-state index in [0.29, 0.717) is 5.52 Å². The summed E-state index contributed by atoms with van der Waals surface area (Å²) in [5.41, 5.74) is 1.78. The fourth-order valence-electron chi connectivity index (χ4n) is 1.17. The molecule has 12 heavy (non-hydrogen) atoms. The number of benzene rings is 1. The van der Waals surface area contributed by atoms with Crippen molar-refractivity contribution >= 4 is 10.9 Å². The van der Waals surface area contributed by atoms with E-state index < -0.39 is 0 Å². The number of hydrogen-bond acceptors (Lipinski definition) is 2. The minimum atomic E-state index is 0.264. The molecule has 1 N–H and O–H groups in total. The Morgan fingerprint density at radius 1 is 1.50 bits per heavy atom. The van der Waals surface area contributed by atoms with Crippen molar-refractivity contribution in [2.75, 3.05) is 0 Å². The summed E-state index contributed by atoms with van der Waals surface area (Å²) in [5.74, 6) is 0.264. The molecule has 0 amide bonds. The van der Waals surface area contributed by atoms with Crippen LogP contribution in [-0.2, 0) is 0 Å². The first kappa shape index (κ1) is 7.10. The Morgan fingerprint density at radius 3 is 3.17 bits per heavy atom. The lowest BCUT2D eigenvalue weighted by molar-refractivity contribution is 0.481. The number of hydrogen-bond donors (Lipinski definition) is 1. The summed E-state index contributed by atoms with van der Waals surface area (Å²) in [6.45, 7) is 1.96. The molecular weight excluding hydrogens is 150 g/mol. The monoisotopic (exact) mass is 158 g/mol. The predicted molar refractivity (Wildman–Crippen MR) is 47.0 cm³/mol. The summed E-state index contributed by atoms with van der Waals surface area (Å²) in [6.07, 6.45) is 1.57. The first-order chi connectivity index (χ1) is 5.77. The number of pyridine rings is 1. The van der Waals surface area contributed by atoms with Crippen LogP contribution < -0.4 is 0 Å². The van der Waals surface area contributed by atoms with Gasteiger partial charge in [-0.3, -0.25) is 4.98 Å². The zero-order valence-electron chi connectivity index (χ0n) is 6.70. The van der Waals surface area contributed by atoms with Gasteiger partial charge in [0.1, 0.15) is 5.75 Å². The zero-order valence-corrected chi connectivity index (χ0v) is 6.70. The van der Waals surface area contributed by atoms with Crippen LogP contribution in [-0.4, -0.2) is 10.1 Å². The van der Waals surface area contributed by atoms with Gasteiger partial charge in [0.25, 0.3) is 0 Å². The fourth-order valence-corrected chi connectivity index (χ4v) is 1.17. The van der Waals surface area contributed by atoms with E-state index in [-0.39, 0.29) is 5.75 Å². The first-order valence-electron chi connectivity index (χ1n) is 3.73. The Labute approximate surface area is 70.5 Å². The average molecular weight is 158 g/mol. The van der Waals surface area contributed by atoms with Gasteiger partial charge in [-0.1, -0.05) is 0 Å². The van der Waals surface area contributed by atoms with Crippen LogP contribution in [0.5, 0.6) is 5.75 Å². The topological polar surface area (TPSA) is 33.1 Å². The number of aromatic nitrogens is 1. The highest BCUT2D eigenvalue weighted by atomic mass is 16.3. The third kappa shape index (κ3) is 1.01. The van der Waals surface area contributed by atoms with Crippen LogP contribution >= 0.6 is 0 Å². The highest BCUT2D eigenvalue weighted by molar-refractivity contribution is 5.84. The molecule has 1 heterocycles.